The van der Waals surface area contributed by atoms with Crippen LogP contribution < -0.4 is 5.73 Å². The zero-order chi connectivity index (χ0) is 9.07. The van der Waals surface area contributed by atoms with E-state index < -0.39 is 18.7 Å². The average Bonchev–Trinajstić information content (AvgIpc) is 2.01. The van der Waals surface area contributed by atoms with Crippen LogP contribution in [0.2, 0.25) is 0 Å². The molecule has 0 saturated heterocycles. The monoisotopic (exact) mass is 177 g/mol. The van der Waals surface area contributed by atoms with Crippen molar-refractivity contribution in [3.8, 4) is 0 Å². The maximum Gasteiger partial charge on any atom is 0.227 e. The van der Waals surface area contributed by atoms with Crippen LogP contribution in [0.25, 0.3) is 0 Å². The van der Waals surface area contributed by atoms with E-state index in [1.54, 1.807) is 6.92 Å². The highest BCUT2D eigenvalue weighted by atomic mass is 31.2. The number of carbonyl (C=O) groups is 1. The van der Waals surface area contributed by atoms with Crippen molar-refractivity contribution < 1.29 is 9.36 Å². The number of primary amides is 1. The van der Waals surface area contributed by atoms with Gasteiger partial charge in [0.1, 0.15) is 0 Å². The van der Waals surface area contributed by atoms with Crippen LogP contribution in [-0.2, 0) is 9.36 Å². The van der Waals surface area contributed by atoms with Gasteiger partial charge in [0.15, 0.2) is 0 Å². The summed E-state index contributed by atoms with van der Waals surface area (Å²) in [5, 5.41) is 0. The molecule has 0 aromatic rings. The molecule has 0 aliphatic carbocycles. The Hall–Kier alpha value is -0.300. The van der Waals surface area contributed by atoms with Crippen molar-refractivity contribution in [2.45, 2.75) is 26.4 Å². The number of carbonyl (C=O) groups excluding carboxylic acids is 1. The van der Waals surface area contributed by atoms with E-state index in [2.05, 4.69) is 0 Å². The lowest BCUT2D eigenvalue weighted by molar-refractivity contribution is -0.117. The van der Waals surface area contributed by atoms with Crippen molar-refractivity contribution in [1.29, 1.82) is 0 Å². The van der Waals surface area contributed by atoms with Gasteiger partial charge in [-0.15, -0.1) is 0 Å². The summed E-state index contributed by atoms with van der Waals surface area (Å²) < 4.78 is 11.8. The van der Waals surface area contributed by atoms with Crippen molar-refractivity contribution in [3.05, 3.63) is 0 Å². The number of rotatable bonds is 4. The SMILES string of the molecule is CCP(=O)(CC)C(C)C(N)=O. The fourth-order valence-corrected chi connectivity index (χ4v) is 3.01. The fraction of sp³-hybridized carbons (Fsp3) is 0.857. The summed E-state index contributed by atoms with van der Waals surface area (Å²) in [7, 11) is -2.30. The molecular formula is C7H16NO2P. The lowest BCUT2D eigenvalue weighted by atomic mass is 10.5. The summed E-state index contributed by atoms with van der Waals surface area (Å²) in [4.78, 5) is 10.7. The summed E-state index contributed by atoms with van der Waals surface area (Å²) in [5.74, 6) is -0.447. The predicted octanol–water partition coefficient (Wildman–Crippen LogP) is 1.26. The molecule has 4 heteroatoms. The van der Waals surface area contributed by atoms with Crippen LogP contribution in [0.5, 0.6) is 0 Å². The van der Waals surface area contributed by atoms with Gasteiger partial charge in [-0.05, 0) is 19.2 Å². The van der Waals surface area contributed by atoms with Crippen LogP contribution in [0.4, 0.5) is 0 Å². The molecule has 1 unspecified atom stereocenters. The third kappa shape index (κ3) is 2.33. The van der Waals surface area contributed by atoms with Gasteiger partial charge in [0, 0.05) is 0 Å². The van der Waals surface area contributed by atoms with Crippen LogP contribution >= 0.6 is 7.14 Å². The third-order valence-corrected chi connectivity index (χ3v) is 6.00. The van der Waals surface area contributed by atoms with E-state index in [0.717, 1.165) is 0 Å². The molecule has 0 bridgehead atoms. The second-order valence-corrected chi connectivity index (χ2v) is 6.61. The zero-order valence-electron chi connectivity index (χ0n) is 7.33. The Labute approximate surface area is 67.7 Å². The molecule has 0 saturated carbocycles. The van der Waals surface area contributed by atoms with Crippen LogP contribution in [0.1, 0.15) is 20.8 Å². The Morgan fingerprint density at radius 3 is 1.91 bits per heavy atom. The quantitative estimate of drug-likeness (QED) is 0.657. The molecule has 1 atom stereocenters. The van der Waals surface area contributed by atoms with Crippen molar-refractivity contribution >= 4 is 13.0 Å². The minimum Gasteiger partial charge on any atom is -0.369 e. The van der Waals surface area contributed by atoms with Crippen LogP contribution in [-0.4, -0.2) is 23.9 Å². The van der Waals surface area contributed by atoms with Gasteiger partial charge in [-0.2, -0.15) is 0 Å². The zero-order valence-corrected chi connectivity index (χ0v) is 8.23. The minimum atomic E-state index is -2.30. The summed E-state index contributed by atoms with van der Waals surface area (Å²) in [6.45, 7) is 5.32. The molecule has 0 aliphatic rings. The molecule has 3 nitrogen and oxygen atoms in total. The summed E-state index contributed by atoms with van der Waals surface area (Å²) in [6, 6.07) is 0. The van der Waals surface area contributed by atoms with Crippen molar-refractivity contribution in [2.75, 3.05) is 12.3 Å². The number of hydrogen-bond donors (Lipinski definition) is 1. The lowest BCUT2D eigenvalue weighted by Crippen LogP contribution is -2.27. The topological polar surface area (TPSA) is 60.2 Å². The van der Waals surface area contributed by atoms with Gasteiger partial charge in [-0.25, -0.2) is 0 Å². The van der Waals surface area contributed by atoms with E-state index >= 15 is 0 Å². The Kier molecular flexibility index (Phi) is 3.81. The Morgan fingerprint density at radius 2 is 1.82 bits per heavy atom. The Morgan fingerprint density at radius 1 is 1.45 bits per heavy atom. The summed E-state index contributed by atoms with van der Waals surface area (Å²) in [5.41, 5.74) is 4.60. The highest BCUT2D eigenvalue weighted by molar-refractivity contribution is 7.65. The molecule has 0 aromatic carbocycles. The fourth-order valence-electron chi connectivity index (χ4n) is 1.00. The van der Waals surface area contributed by atoms with Crippen LogP contribution in [0.3, 0.4) is 0 Å². The molecule has 11 heavy (non-hydrogen) atoms. The van der Waals surface area contributed by atoms with E-state index in [1.807, 2.05) is 13.8 Å². The van der Waals surface area contributed by atoms with E-state index in [4.69, 9.17) is 5.73 Å². The molecule has 0 aliphatic heterocycles. The first-order valence-electron chi connectivity index (χ1n) is 3.85. The molecule has 2 N–H and O–H groups in total. The normalized spacial score (nSPS) is 14.5. The second kappa shape index (κ2) is 3.91. The molecular weight excluding hydrogens is 161 g/mol. The van der Waals surface area contributed by atoms with E-state index in [9.17, 15) is 9.36 Å². The predicted molar refractivity (Wildman–Crippen MR) is 47.3 cm³/mol. The van der Waals surface area contributed by atoms with Gasteiger partial charge in [-0.1, -0.05) is 13.8 Å². The molecule has 1 amide bonds. The van der Waals surface area contributed by atoms with Crippen molar-refractivity contribution in [2.24, 2.45) is 5.73 Å². The van der Waals surface area contributed by atoms with Gasteiger partial charge in [0.25, 0.3) is 0 Å². The lowest BCUT2D eigenvalue weighted by Gasteiger charge is -2.18. The molecule has 0 fully saturated rings. The van der Waals surface area contributed by atoms with Gasteiger partial charge >= 0.3 is 0 Å². The Balaban J connectivity index is 4.51. The molecule has 0 heterocycles. The number of amides is 1. The first-order valence-corrected chi connectivity index (χ1v) is 5.99. The molecule has 0 spiro atoms. The number of hydrogen-bond acceptors (Lipinski definition) is 2. The Bertz CT molecular complexity index is 183. The largest absolute Gasteiger partial charge is 0.369 e. The molecule has 0 aromatic heterocycles. The molecule has 0 radical (unpaired) electrons. The van der Waals surface area contributed by atoms with Gasteiger partial charge in [-0.3, -0.25) is 4.79 Å². The van der Waals surface area contributed by atoms with Gasteiger partial charge in [0.2, 0.25) is 5.91 Å². The standard InChI is InChI=1S/C7H16NO2P/c1-4-11(10,5-2)6(3)7(8)9/h6H,4-5H2,1-3H3,(H2,8,9). The van der Waals surface area contributed by atoms with E-state index in [1.165, 1.54) is 0 Å². The van der Waals surface area contributed by atoms with Crippen LogP contribution in [0, 0.1) is 0 Å². The molecule has 66 valence electrons. The van der Waals surface area contributed by atoms with E-state index in [-0.39, 0.29) is 0 Å². The van der Waals surface area contributed by atoms with E-state index in [0.29, 0.717) is 12.3 Å². The summed E-state index contributed by atoms with van der Waals surface area (Å²) in [6.07, 6.45) is 1.13. The molecule has 0 rings (SSSR count). The van der Waals surface area contributed by atoms with Crippen LogP contribution in [0.15, 0.2) is 0 Å². The third-order valence-electron chi connectivity index (χ3n) is 2.19. The van der Waals surface area contributed by atoms with Crippen molar-refractivity contribution in [1.82, 2.24) is 0 Å². The highest BCUT2D eigenvalue weighted by Crippen LogP contribution is 2.49. The first kappa shape index (κ1) is 10.7. The maximum absolute atomic E-state index is 11.8. The van der Waals surface area contributed by atoms with Gasteiger partial charge < -0.3 is 10.3 Å². The first-order chi connectivity index (χ1) is 4.98. The van der Waals surface area contributed by atoms with Crippen molar-refractivity contribution in [3.63, 3.8) is 0 Å². The maximum atomic E-state index is 11.8. The highest BCUT2D eigenvalue weighted by Gasteiger charge is 2.29. The van der Waals surface area contributed by atoms with Gasteiger partial charge in [0.05, 0.1) is 12.8 Å². The number of nitrogens with two attached hydrogens (primary N) is 1. The summed E-state index contributed by atoms with van der Waals surface area (Å²) >= 11 is 0. The second-order valence-electron chi connectivity index (χ2n) is 2.66. The minimum absolute atomic E-state index is 0.447. The smallest absolute Gasteiger partial charge is 0.227 e. The average molecular weight is 177 g/mol.